The third kappa shape index (κ3) is 3.76. The molecule has 3 rings (SSSR count). The highest BCUT2D eigenvalue weighted by molar-refractivity contribution is 7.89. The number of pyridine rings is 1. The molecule has 1 aromatic heterocycles. The van der Waals surface area contributed by atoms with Crippen LogP contribution in [0.4, 0.5) is 5.82 Å². The molecule has 0 saturated carbocycles. The molecule has 2 heterocycles. The van der Waals surface area contributed by atoms with Gasteiger partial charge >= 0.3 is 0 Å². The SMILES string of the molecule is Cc1cccc(NCc2ccccc2S(=O)(=O)N2CCCCC2)n1. The van der Waals surface area contributed by atoms with Gasteiger partial charge in [-0.2, -0.15) is 4.31 Å². The minimum Gasteiger partial charge on any atom is -0.366 e. The van der Waals surface area contributed by atoms with E-state index in [4.69, 9.17) is 0 Å². The number of nitrogens with zero attached hydrogens (tertiary/aromatic N) is 2. The smallest absolute Gasteiger partial charge is 0.243 e. The molecule has 0 unspecified atom stereocenters. The van der Waals surface area contributed by atoms with Gasteiger partial charge in [0.05, 0.1) is 4.90 Å². The maximum absolute atomic E-state index is 13.0. The van der Waals surface area contributed by atoms with Gasteiger partial charge in [0.15, 0.2) is 0 Å². The average molecular weight is 345 g/mol. The lowest BCUT2D eigenvalue weighted by Gasteiger charge is -2.26. The largest absolute Gasteiger partial charge is 0.366 e. The quantitative estimate of drug-likeness (QED) is 0.904. The van der Waals surface area contributed by atoms with E-state index in [0.29, 0.717) is 24.5 Å². The molecule has 0 atom stereocenters. The highest BCUT2D eigenvalue weighted by Gasteiger charge is 2.27. The zero-order valence-corrected chi connectivity index (χ0v) is 14.7. The van der Waals surface area contributed by atoms with Crippen molar-refractivity contribution in [3.05, 3.63) is 53.7 Å². The molecule has 0 aliphatic carbocycles. The summed E-state index contributed by atoms with van der Waals surface area (Å²) >= 11 is 0. The molecule has 0 amide bonds. The van der Waals surface area contributed by atoms with Crippen molar-refractivity contribution in [2.45, 2.75) is 37.6 Å². The predicted octanol–water partition coefficient (Wildman–Crippen LogP) is 3.18. The van der Waals surface area contributed by atoms with Gasteiger partial charge in [-0.3, -0.25) is 0 Å². The first-order valence-electron chi connectivity index (χ1n) is 8.33. The Balaban J connectivity index is 1.82. The predicted molar refractivity (Wildman–Crippen MR) is 95.4 cm³/mol. The topological polar surface area (TPSA) is 62.3 Å². The number of hydrogen-bond donors (Lipinski definition) is 1. The summed E-state index contributed by atoms with van der Waals surface area (Å²) < 4.78 is 27.5. The molecule has 1 N–H and O–H groups in total. The van der Waals surface area contributed by atoms with E-state index < -0.39 is 10.0 Å². The van der Waals surface area contributed by atoms with Crippen molar-refractivity contribution in [3.63, 3.8) is 0 Å². The molecule has 5 nitrogen and oxygen atoms in total. The van der Waals surface area contributed by atoms with Crippen molar-refractivity contribution in [1.29, 1.82) is 0 Å². The van der Waals surface area contributed by atoms with Crippen LogP contribution >= 0.6 is 0 Å². The standard InChI is InChI=1S/C18H23N3O2S/c1-15-8-7-11-18(20-15)19-14-16-9-3-4-10-17(16)24(22,23)21-12-5-2-6-13-21/h3-4,7-11H,2,5-6,12-14H2,1H3,(H,19,20). The minimum atomic E-state index is -3.43. The third-order valence-corrected chi connectivity index (χ3v) is 6.25. The molecular formula is C18H23N3O2S. The van der Waals surface area contributed by atoms with Gasteiger partial charge in [0.2, 0.25) is 10.0 Å². The van der Waals surface area contributed by atoms with E-state index in [9.17, 15) is 8.42 Å². The van der Waals surface area contributed by atoms with Crippen molar-refractivity contribution in [2.24, 2.45) is 0 Å². The fraction of sp³-hybridized carbons (Fsp3) is 0.389. The van der Waals surface area contributed by atoms with Crippen molar-refractivity contribution < 1.29 is 8.42 Å². The number of rotatable bonds is 5. The first-order chi connectivity index (χ1) is 11.6. The van der Waals surface area contributed by atoms with Crippen LogP contribution in [0.25, 0.3) is 0 Å². The summed E-state index contributed by atoms with van der Waals surface area (Å²) in [5, 5.41) is 3.22. The summed E-state index contributed by atoms with van der Waals surface area (Å²) in [6.07, 6.45) is 2.98. The van der Waals surface area contributed by atoms with Crippen molar-refractivity contribution in [3.8, 4) is 0 Å². The molecule has 1 aliphatic rings. The van der Waals surface area contributed by atoms with E-state index in [1.54, 1.807) is 16.4 Å². The molecule has 6 heteroatoms. The Morgan fingerprint density at radius 3 is 2.54 bits per heavy atom. The van der Waals surface area contributed by atoms with Crippen LogP contribution in [0, 0.1) is 6.92 Å². The molecule has 0 spiro atoms. The lowest BCUT2D eigenvalue weighted by Crippen LogP contribution is -2.36. The zero-order chi connectivity index (χ0) is 17.0. The molecule has 0 bridgehead atoms. The fourth-order valence-electron chi connectivity index (χ4n) is 2.97. The van der Waals surface area contributed by atoms with Gasteiger partial charge in [-0.15, -0.1) is 0 Å². The summed E-state index contributed by atoms with van der Waals surface area (Å²) in [6.45, 7) is 3.59. The van der Waals surface area contributed by atoms with E-state index in [2.05, 4.69) is 10.3 Å². The van der Waals surface area contributed by atoms with E-state index in [-0.39, 0.29) is 0 Å². The molecule has 128 valence electrons. The molecule has 24 heavy (non-hydrogen) atoms. The first-order valence-corrected chi connectivity index (χ1v) is 9.77. The second kappa shape index (κ2) is 7.32. The number of sulfonamides is 1. The number of nitrogens with one attached hydrogen (secondary N) is 1. The summed E-state index contributed by atoms with van der Waals surface area (Å²) in [6, 6.07) is 13.0. The number of piperidine rings is 1. The molecule has 1 fully saturated rings. The van der Waals surface area contributed by atoms with E-state index in [1.807, 2.05) is 37.3 Å². The minimum absolute atomic E-state index is 0.395. The maximum atomic E-state index is 13.0. The van der Waals surface area contributed by atoms with Crippen molar-refractivity contribution >= 4 is 15.8 Å². The van der Waals surface area contributed by atoms with Crippen LogP contribution in [-0.4, -0.2) is 30.8 Å². The van der Waals surface area contributed by atoms with Gasteiger partial charge < -0.3 is 5.32 Å². The van der Waals surface area contributed by atoms with Crippen LogP contribution in [0.5, 0.6) is 0 Å². The van der Waals surface area contributed by atoms with Gasteiger partial charge in [0.1, 0.15) is 5.82 Å². The maximum Gasteiger partial charge on any atom is 0.243 e. The van der Waals surface area contributed by atoms with Gasteiger partial charge in [-0.1, -0.05) is 30.7 Å². The Morgan fingerprint density at radius 1 is 1.04 bits per heavy atom. The van der Waals surface area contributed by atoms with E-state index in [0.717, 1.165) is 36.3 Å². The average Bonchev–Trinajstić information content (AvgIpc) is 2.61. The van der Waals surface area contributed by atoms with E-state index in [1.165, 1.54) is 0 Å². The Kier molecular flexibility index (Phi) is 5.16. The van der Waals surface area contributed by atoms with Crippen LogP contribution in [0.3, 0.4) is 0 Å². The number of aryl methyl sites for hydroxylation is 1. The van der Waals surface area contributed by atoms with Crippen LogP contribution in [0.1, 0.15) is 30.5 Å². The zero-order valence-electron chi connectivity index (χ0n) is 13.9. The molecule has 0 radical (unpaired) electrons. The Morgan fingerprint density at radius 2 is 1.79 bits per heavy atom. The van der Waals surface area contributed by atoms with Crippen LogP contribution in [-0.2, 0) is 16.6 Å². The second-order valence-electron chi connectivity index (χ2n) is 6.09. The summed E-state index contributed by atoms with van der Waals surface area (Å²) in [5.74, 6) is 0.750. The molecule has 1 aromatic carbocycles. The first kappa shape index (κ1) is 16.9. The van der Waals surface area contributed by atoms with Crippen LogP contribution < -0.4 is 5.32 Å². The number of aromatic nitrogens is 1. The van der Waals surface area contributed by atoms with Gasteiger partial charge in [0.25, 0.3) is 0 Å². The lowest BCUT2D eigenvalue weighted by molar-refractivity contribution is 0.346. The number of hydrogen-bond acceptors (Lipinski definition) is 4. The Bertz CT molecular complexity index is 799. The molecule has 2 aromatic rings. The molecule has 1 aliphatic heterocycles. The van der Waals surface area contributed by atoms with Gasteiger partial charge in [0, 0.05) is 25.3 Å². The second-order valence-corrected chi connectivity index (χ2v) is 8.00. The molecular weight excluding hydrogens is 322 g/mol. The summed E-state index contributed by atoms with van der Waals surface area (Å²) in [5.41, 5.74) is 1.70. The van der Waals surface area contributed by atoms with Gasteiger partial charge in [-0.25, -0.2) is 13.4 Å². The highest BCUT2D eigenvalue weighted by atomic mass is 32.2. The summed E-state index contributed by atoms with van der Waals surface area (Å²) in [7, 11) is -3.43. The lowest BCUT2D eigenvalue weighted by atomic mass is 10.2. The summed E-state index contributed by atoms with van der Waals surface area (Å²) in [4.78, 5) is 4.79. The fourth-order valence-corrected chi connectivity index (χ4v) is 4.71. The van der Waals surface area contributed by atoms with Crippen LogP contribution in [0.2, 0.25) is 0 Å². The molecule has 1 saturated heterocycles. The Hall–Kier alpha value is -1.92. The normalized spacial score (nSPS) is 16.0. The number of anilines is 1. The number of benzene rings is 1. The van der Waals surface area contributed by atoms with Crippen molar-refractivity contribution in [1.82, 2.24) is 9.29 Å². The van der Waals surface area contributed by atoms with Crippen molar-refractivity contribution in [2.75, 3.05) is 18.4 Å². The highest BCUT2D eigenvalue weighted by Crippen LogP contribution is 2.24. The third-order valence-electron chi connectivity index (χ3n) is 4.25. The van der Waals surface area contributed by atoms with Gasteiger partial charge in [-0.05, 0) is 43.5 Å². The Labute approximate surface area is 143 Å². The van der Waals surface area contributed by atoms with E-state index >= 15 is 0 Å². The van der Waals surface area contributed by atoms with Crippen LogP contribution in [0.15, 0.2) is 47.4 Å². The monoisotopic (exact) mass is 345 g/mol.